The third-order valence-electron chi connectivity index (χ3n) is 3.52. The molecule has 0 spiro atoms. The lowest BCUT2D eigenvalue weighted by Crippen LogP contribution is -2.44. The largest absolute Gasteiger partial charge is 0.396 e. The van der Waals surface area contributed by atoms with E-state index in [-0.39, 0.29) is 29.9 Å². The highest BCUT2D eigenvalue weighted by Gasteiger charge is 2.28. The van der Waals surface area contributed by atoms with Crippen molar-refractivity contribution in [3.8, 4) is 0 Å². The summed E-state index contributed by atoms with van der Waals surface area (Å²) >= 11 is 0. The molecule has 0 fully saturated rings. The van der Waals surface area contributed by atoms with Crippen molar-refractivity contribution in [2.45, 2.75) is 66.3 Å². The number of aliphatic hydroxyl groups excluding tert-OH is 1. The number of hydrogen-bond donors (Lipinski definition) is 2. The normalized spacial score (nSPS) is 15.4. The van der Waals surface area contributed by atoms with E-state index in [1.54, 1.807) is 0 Å². The summed E-state index contributed by atoms with van der Waals surface area (Å²) in [6.45, 7) is 10.1. The molecule has 0 aliphatic carbocycles. The third-order valence-corrected chi connectivity index (χ3v) is 3.52. The maximum absolute atomic E-state index is 12.1. The summed E-state index contributed by atoms with van der Waals surface area (Å²) in [5, 5.41) is 12.0. The van der Waals surface area contributed by atoms with Crippen LogP contribution in [0.3, 0.4) is 0 Å². The Morgan fingerprint density at radius 2 is 1.88 bits per heavy atom. The zero-order chi connectivity index (χ0) is 13.5. The van der Waals surface area contributed by atoms with Gasteiger partial charge in [0.05, 0.1) is 0 Å². The molecule has 2 unspecified atom stereocenters. The van der Waals surface area contributed by atoms with E-state index in [4.69, 9.17) is 5.11 Å². The Balaban J connectivity index is 4.18. The zero-order valence-electron chi connectivity index (χ0n) is 12.0. The van der Waals surface area contributed by atoms with Gasteiger partial charge in [-0.15, -0.1) is 0 Å². The van der Waals surface area contributed by atoms with Crippen molar-refractivity contribution in [2.24, 2.45) is 11.3 Å². The molecule has 1 amide bonds. The summed E-state index contributed by atoms with van der Waals surface area (Å²) in [5.74, 6) is 0.201. The lowest BCUT2D eigenvalue weighted by atomic mass is 9.85. The maximum Gasteiger partial charge on any atom is 0.225 e. The molecule has 0 aliphatic rings. The second-order valence-electron chi connectivity index (χ2n) is 5.76. The van der Waals surface area contributed by atoms with Crippen LogP contribution >= 0.6 is 0 Å². The molecule has 102 valence electrons. The van der Waals surface area contributed by atoms with Crippen molar-refractivity contribution in [2.75, 3.05) is 6.61 Å². The number of carbonyl (C=O) groups is 1. The zero-order valence-corrected chi connectivity index (χ0v) is 12.0. The van der Waals surface area contributed by atoms with Crippen LogP contribution in [0.5, 0.6) is 0 Å². The number of rotatable bonds is 8. The Bertz CT molecular complexity index is 226. The van der Waals surface area contributed by atoms with Gasteiger partial charge in [-0.05, 0) is 19.3 Å². The van der Waals surface area contributed by atoms with Gasteiger partial charge in [0, 0.05) is 18.1 Å². The first kappa shape index (κ1) is 16.4. The van der Waals surface area contributed by atoms with E-state index in [2.05, 4.69) is 12.2 Å². The van der Waals surface area contributed by atoms with Crippen molar-refractivity contribution in [1.29, 1.82) is 0 Å². The van der Waals surface area contributed by atoms with Crippen LogP contribution < -0.4 is 5.32 Å². The molecule has 2 N–H and O–H groups in total. The number of amides is 1. The molecular formula is C14H29NO2. The molecule has 0 rings (SSSR count). The van der Waals surface area contributed by atoms with Crippen LogP contribution in [0.1, 0.15) is 60.3 Å². The van der Waals surface area contributed by atoms with Gasteiger partial charge in [-0.3, -0.25) is 4.79 Å². The number of nitrogens with one attached hydrogen (secondary N) is 1. The van der Waals surface area contributed by atoms with Crippen LogP contribution in [0.4, 0.5) is 0 Å². The van der Waals surface area contributed by atoms with Gasteiger partial charge in [-0.25, -0.2) is 0 Å². The van der Waals surface area contributed by atoms with Crippen LogP contribution in [0.2, 0.25) is 0 Å². The average Bonchev–Trinajstić information content (AvgIpc) is 2.27. The van der Waals surface area contributed by atoms with Crippen LogP contribution in [0.15, 0.2) is 0 Å². The van der Waals surface area contributed by atoms with Gasteiger partial charge in [0.25, 0.3) is 0 Å². The summed E-state index contributed by atoms with van der Waals surface area (Å²) in [5.41, 5.74) is -0.307. The molecule has 0 aliphatic heterocycles. The van der Waals surface area contributed by atoms with Crippen molar-refractivity contribution in [3.63, 3.8) is 0 Å². The molecule has 0 aromatic carbocycles. The Kier molecular flexibility index (Phi) is 7.44. The molecule has 0 bridgehead atoms. The molecule has 0 heterocycles. The van der Waals surface area contributed by atoms with E-state index in [1.165, 1.54) is 12.8 Å². The fourth-order valence-electron chi connectivity index (χ4n) is 1.63. The fraction of sp³-hybridized carbons (Fsp3) is 0.929. The molecule has 0 saturated heterocycles. The molecule has 3 heteroatoms. The predicted octanol–water partition coefficient (Wildman–Crippen LogP) is 2.73. The van der Waals surface area contributed by atoms with Crippen LogP contribution in [0, 0.1) is 11.3 Å². The smallest absolute Gasteiger partial charge is 0.225 e. The van der Waals surface area contributed by atoms with Gasteiger partial charge in [0.15, 0.2) is 0 Å². The van der Waals surface area contributed by atoms with Gasteiger partial charge in [0.1, 0.15) is 0 Å². The Morgan fingerprint density at radius 3 is 2.35 bits per heavy atom. The summed E-state index contributed by atoms with van der Waals surface area (Å²) in [6.07, 6.45) is 4.38. The van der Waals surface area contributed by atoms with Crippen LogP contribution in [-0.2, 0) is 4.79 Å². The fourth-order valence-corrected chi connectivity index (χ4v) is 1.63. The minimum Gasteiger partial charge on any atom is -0.396 e. The number of unbranched alkanes of at least 4 members (excludes halogenated alkanes) is 2. The molecule has 0 aromatic heterocycles. The minimum atomic E-state index is -0.307. The molecule has 3 nitrogen and oxygen atoms in total. The lowest BCUT2D eigenvalue weighted by Gasteiger charge is -2.28. The molecular weight excluding hydrogens is 214 g/mol. The maximum atomic E-state index is 12.1. The van der Waals surface area contributed by atoms with Crippen molar-refractivity contribution < 1.29 is 9.90 Å². The highest BCUT2D eigenvalue weighted by Crippen LogP contribution is 2.24. The quantitative estimate of drug-likeness (QED) is 0.644. The van der Waals surface area contributed by atoms with E-state index in [0.29, 0.717) is 0 Å². The summed E-state index contributed by atoms with van der Waals surface area (Å²) < 4.78 is 0. The SMILES string of the molecule is CCCCCC(C)(C)C(=O)NC(C)C(C)CO. The van der Waals surface area contributed by atoms with E-state index < -0.39 is 0 Å². The Labute approximate surface area is 106 Å². The lowest BCUT2D eigenvalue weighted by molar-refractivity contribution is -0.130. The van der Waals surface area contributed by atoms with Crippen LogP contribution in [-0.4, -0.2) is 23.7 Å². The minimum absolute atomic E-state index is 0.0259. The highest BCUT2D eigenvalue weighted by molar-refractivity contribution is 5.82. The topological polar surface area (TPSA) is 49.3 Å². The van der Waals surface area contributed by atoms with Gasteiger partial charge in [0.2, 0.25) is 5.91 Å². The number of carbonyl (C=O) groups excluding carboxylic acids is 1. The van der Waals surface area contributed by atoms with E-state index in [9.17, 15) is 4.79 Å². The third kappa shape index (κ3) is 6.06. The molecule has 0 radical (unpaired) electrons. The first-order chi connectivity index (χ1) is 7.85. The Morgan fingerprint density at radius 1 is 1.29 bits per heavy atom. The number of aliphatic hydroxyl groups is 1. The predicted molar refractivity (Wildman–Crippen MR) is 71.8 cm³/mol. The van der Waals surface area contributed by atoms with Crippen LogP contribution in [0.25, 0.3) is 0 Å². The van der Waals surface area contributed by atoms with Gasteiger partial charge < -0.3 is 10.4 Å². The first-order valence-corrected chi connectivity index (χ1v) is 6.77. The standard InChI is InChI=1S/C14H29NO2/c1-6-7-8-9-14(4,5)13(17)15-12(3)11(2)10-16/h11-12,16H,6-10H2,1-5H3,(H,15,17). The van der Waals surface area contributed by atoms with Crippen molar-refractivity contribution >= 4 is 5.91 Å². The highest BCUT2D eigenvalue weighted by atomic mass is 16.3. The Hall–Kier alpha value is -0.570. The average molecular weight is 243 g/mol. The van der Waals surface area contributed by atoms with E-state index >= 15 is 0 Å². The molecule has 0 saturated carbocycles. The second kappa shape index (κ2) is 7.70. The van der Waals surface area contributed by atoms with Gasteiger partial charge in [-0.2, -0.15) is 0 Å². The van der Waals surface area contributed by atoms with E-state index in [0.717, 1.165) is 12.8 Å². The molecule has 0 aromatic rings. The number of hydrogen-bond acceptors (Lipinski definition) is 2. The summed E-state index contributed by atoms with van der Waals surface area (Å²) in [7, 11) is 0. The first-order valence-electron chi connectivity index (χ1n) is 6.77. The van der Waals surface area contributed by atoms with Crippen molar-refractivity contribution in [1.82, 2.24) is 5.32 Å². The molecule has 17 heavy (non-hydrogen) atoms. The van der Waals surface area contributed by atoms with E-state index in [1.807, 2.05) is 27.7 Å². The summed E-state index contributed by atoms with van der Waals surface area (Å²) in [4.78, 5) is 12.1. The summed E-state index contributed by atoms with van der Waals surface area (Å²) in [6, 6.07) is 0.0259. The van der Waals surface area contributed by atoms with Gasteiger partial charge >= 0.3 is 0 Å². The van der Waals surface area contributed by atoms with Gasteiger partial charge in [-0.1, -0.05) is 47.0 Å². The monoisotopic (exact) mass is 243 g/mol. The molecule has 2 atom stereocenters. The van der Waals surface area contributed by atoms with Crippen molar-refractivity contribution in [3.05, 3.63) is 0 Å². The second-order valence-corrected chi connectivity index (χ2v) is 5.76.